The van der Waals surface area contributed by atoms with Gasteiger partial charge in [-0.25, -0.2) is 4.79 Å². The van der Waals surface area contributed by atoms with Gasteiger partial charge in [0.15, 0.2) is 5.60 Å². The van der Waals surface area contributed by atoms with Crippen molar-refractivity contribution >= 4 is 23.8 Å². The minimum atomic E-state index is -2.31. The molecule has 22 heavy (non-hydrogen) atoms. The zero-order chi connectivity index (χ0) is 17.2. The van der Waals surface area contributed by atoms with E-state index in [0.29, 0.717) is 0 Å². The Morgan fingerprint density at radius 1 is 1.09 bits per heavy atom. The van der Waals surface area contributed by atoms with Crippen LogP contribution < -0.4 is 10.6 Å². The van der Waals surface area contributed by atoms with Crippen LogP contribution in [0.5, 0.6) is 0 Å². The number of carbonyl (C=O) groups is 4. The second kappa shape index (κ2) is 9.50. The summed E-state index contributed by atoms with van der Waals surface area (Å²) >= 11 is 0. The van der Waals surface area contributed by atoms with Crippen molar-refractivity contribution in [3.63, 3.8) is 0 Å². The molecule has 0 heterocycles. The Kier molecular flexibility index (Phi) is 8.46. The maximum atomic E-state index is 11.7. The molecule has 0 radical (unpaired) electrons. The maximum Gasteiger partial charge on any atom is 0.339 e. The molecule has 2 amide bonds. The minimum Gasteiger partial charge on any atom is -0.469 e. The molecule has 0 aromatic carbocycles. The minimum absolute atomic E-state index is 0.0773. The van der Waals surface area contributed by atoms with Gasteiger partial charge in [-0.2, -0.15) is 0 Å². The number of aliphatic hydroxyl groups is 1. The highest BCUT2D eigenvalue weighted by molar-refractivity contribution is 5.91. The van der Waals surface area contributed by atoms with Crippen LogP contribution in [-0.4, -0.2) is 61.8 Å². The van der Waals surface area contributed by atoms with E-state index in [0.717, 1.165) is 20.3 Å². The topological polar surface area (TPSA) is 131 Å². The van der Waals surface area contributed by atoms with Crippen LogP contribution in [0.2, 0.25) is 0 Å². The Bertz CT molecular complexity index is 450. The van der Waals surface area contributed by atoms with Gasteiger partial charge in [-0.05, 0) is 6.08 Å². The van der Waals surface area contributed by atoms with Crippen LogP contribution in [0.1, 0.15) is 12.8 Å². The lowest BCUT2D eigenvalue weighted by atomic mass is 9.95. The molecule has 0 aliphatic heterocycles. The van der Waals surface area contributed by atoms with Crippen molar-refractivity contribution in [1.29, 1.82) is 0 Å². The second-order valence-electron chi connectivity index (χ2n) is 4.30. The first kappa shape index (κ1) is 19.6. The number of hydrogen-bond acceptors (Lipinski definition) is 7. The average Bonchev–Trinajstić information content (AvgIpc) is 2.49. The molecule has 0 aliphatic carbocycles. The Balaban J connectivity index is 4.50. The number of rotatable bonds is 9. The SMILES string of the molecule is C=CC(=O)NCCNC(=O)CC(O)(CC(=O)OC)C(=O)OC. The lowest BCUT2D eigenvalue weighted by molar-refractivity contribution is -0.171. The summed E-state index contributed by atoms with van der Waals surface area (Å²) in [5, 5.41) is 14.9. The van der Waals surface area contributed by atoms with Crippen LogP contribution in [0.15, 0.2) is 12.7 Å². The Labute approximate surface area is 127 Å². The highest BCUT2D eigenvalue weighted by Crippen LogP contribution is 2.18. The van der Waals surface area contributed by atoms with E-state index in [9.17, 15) is 24.3 Å². The van der Waals surface area contributed by atoms with E-state index in [4.69, 9.17) is 0 Å². The van der Waals surface area contributed by atoms with Gasteiger partial charge in [0, 0.05) is 13.1 Å². The molecule has 0 rings (SSSR count). The standard InChI is InChI=1S/C13H20N2O7/c1-4-9(16)14-5-6-15-10(17)7-13(20,12(19)22-3)8-11(18)21-2/h4,20H,1,5-8H2,2-3H3,(H,14,16)(H,15,17). The summed E-state index contributed by atoms with van der Waals surface area (Å²) in [7, 11) is 2.11. The van der Waals surface area contributed by atoms with E-state index < -0.39 is 42.2 Å². The summed E-state index contributed by atoms with van der Waals surface area (Å²) in [5.74, 6) is -3.07. The summed E-state index contributed by atoms with van der Waals surface area (Å²) in [6.07, 6.45) is -0.310. The fourth-order valence-corrected chi connectivity index (χ4v) is 1.50. The summed E-state index contributed by atoms with van der Waals surface area (Å²) in [6.45, 7) is 3.48. The van der Waals surface area contributed by atoms with Crippen molar-refractivity contribution < 1.29 is 33.8 Å². The molecule has 0 bridgehead atoms. The largest absolute Gasteiger partial charge is 0.469 e. The van der Waals surface area contributed by atoms with Gasteiger partial charge < -0.3 is 25.2 Å². The van der Waals surface area contributed by atoms with Gasteiger partial charge in [-0.1, -0.05) is 6.58 Å². The first-order chi connectivity index (χ1) is 10.3. The van der Waals surface area contributed by atoms with E-state index >= 15 is 0 Å². The Morgan fingerprint density at radius 3 is 2.18 bits per heavy atom. The molecular weight excluding hydrogens is 296 g/mol. The summed E-state index contributed by atoms with van der Waals surface area (Å²) in [4.78, 5) is 45.3. The van der Waals surface area contributed by atoms with Crippen molar-refractivity contribution in [2.24, 2.45) is 0 Å². The number of amides is 2. The molecule has 9 nitrogen and oxygen atoms in total. The lowest BCUT2D eigenvalue weighted by Crippen LogP contribution is -2.46. The van der Waals surface area contributed by atoms with Crippen LogP contribution in [-0.2, 0) is 28.7 Å². The van der Waals surface area contributed by atoms with Gasteiger partial charge in [-0.3, -0.25) is 14.4 Å². The molecule has 0 aliphatic rings. The lowest BCUT2D eigenvalue weighted by Gasteiger charge is -2.23. The number of methoxy groups -OCH3 is 2. The molecule has 3 N–H and O–H groups in total. The van der Waals surface area contributed by atoms with Crippen LogP contribution in [0.25, 0.3) is 0 Å². The third-order valence-corrected chi connectivity index (χ3v) is 2.61. The number of hydrogen-bond donors (Lipinski definition) is 3. The molecule has 0 fully saturated rings. The molecular formula is C13H20N2O7. The van der Waals surface area contributed by atoms with Crippen molar-refractivity contribution in [1.82, 2.24) is 10.6 Å². The van der Waals surface area contributed by atoms with E-state index in [1.807, 2.05) is 0 Å². The van der Waals surface area contributed by atoms with E-state index in [2.05, 4.69) is 26.7 Å². The van der Waals surface area contributed by atoms with Gasteiger partial charge in [-0.15, -0.1) is 0 Å². The molecule has 1 unspecified atom stereocenters. The number of ether oxygens (including phenoxy) is 2. The van der Waals surface area contributed by atoms with Crippen LogP contribution in [0, 0.1) is 0 Å². The fraction of sp³-hybridized carbons (Fsp3) is 0.538. The monoisotopic (exact) mass is 316 g/mol. The number of nitrogens with one attached hydrogen (secondary N) is 2. The second-order valence-corrected chi connectivity index (χ2v) is 4.30. The van der Waals surface area contributed by atoms with E-state index in [1.165, 1.54) is 0 Å². The van der Waals surface area contributed by atoms with Crippen molar-refractivity contribution in [3.8, 4) is 0 Å². The highest BCUT2D eigenvalue weighted by atomic mass is 16.5. The third kappa shape index (κ3) is 6.84. The fourth-order valence-electron chi connectivity index (χ4n) is 1.50. The predicted octanol–water partition coefficient (Wildman–Crippen LogP) is -1.74. The number of carbonyl (C=O) groups excluding carboxylic acids is 4. The number of esters is 2. The zero-order valence-corrected chi connectivity index (χ0v) is 12.5. The van der Waals surface area contributed by atoms with Crippen LogP contribution >= 0.6 is 0 Å². The molecule has 0 saturated heterocycles. The molecule has 0 aromatic rings. The highest BCUT2D eigenvalue weighted by Gasteiger charge is 2.42. The van der Waals surface area contributed by atoms with Gasteiger partial charge in [0.1, 0.15) is 0 Å². The van der Waals surface area contributed by atoms with Gasteiger partial charge in [0.25, 0.3) is 0 Å². The Hall–Kier alpha value is -2.42. The van der Waals surface area contributed by atoms with Gasteiger partial charge in [0.2, 0.25) is 11.8 Å². The summed E-state index contributed by atoms with van der Waals surface area (Å²) in [6, 6.07) is 0. The van der Waals surface area contributed by atoms with Crippen molar-refractivity contribution in [2.45, 2.75) is 18.4 Å². The molecule has 9 heteroatoms. The molecule has 0 aromatic heterocycles. The van der Waals surface area contributed by atoms with Gasteiger partial charge >= 0.3 is 11.9 Å². The van der Waals surface area contributed by atoms with Crippen LogP contribution in [0.3, 0.4) is 0 Å². The predicted molar refractivity (Wildman–Crippen MR) is 74.4 cm³/mol. The maximum absolute atomic E-state index is 11.7. The first-order valence-electron chi connectivity index (χ1n) is 6.33. The third-order valence-electron chi connectivity index (χ3n) is 2.61. The first-order valence-corrected chi connectivity index (χ1v) is 6.33. The molecule has 1 atom stereocenters. The molecule has 0 saturated carbocycles. The smallest absolute Gasteiger partial charge is 0.339 e. The van der Waals surface area contributed by atoms with Gasteiger partial charge in [0.05, 0.1) is 27.1 Å². The van der Waals surface area contributed by atoms with Crippen molar-refractivity contribution in [3.05, 3.63) is 12.7 Å². The normalized spacial score (nSPS) is 12.5. The average molecular weight is 316 g/mol. The molecule has 124 valence electrons. The van der Waals surface area contributed by atoms with E-state index in [1.54, 1.807) is 0 Å². The quantitative estimate of drug-likeness (QED) is 0.261. The molecule has 0 spiro atoms. The van der Waals surface area contributed by atoms with Crippen molar-refractivity contribution in [2.75, 3.05) is 27.3 Å². The zero-order valence-electron chi connectivity index (χ0n) is 12.5. The Morgan fingerprint density at radius 2 is 1.68 bits per heavy atom. The van der Waals surface area contributed by atoms with Crippen LogP contribution in [0.4, 0.5) is 0 Å². The summed E-state index contributed by atoms with van der Waals surface area (Å²) in [5.41, 5.74) is -2.31. The van der Waals surface area contributed by atoms with E-state index in [-0.39, 0.29) is 13.1 Å². The summed E-state index contributed by atoms with van der Waals surface area (Å²) < 4.78 is 8.75.